The molecule has 0 aromatic heterocycles. The minimum absolute atomic E-state index is 0.0489. The van der Waals surface area contributed by atoms with E-state index in [0.29, 0.717) is 34.2 Å². The minimum atomic E-state index is -1.01. The number of carbonyl (C=O) groups excluding carboxylic acids is 2. The highest BCUT2D eigenvalue weighted by Gasteiger charge is 2.47. The number of carbonyl (C=O) groups is 2. The number of benzene rings is 3. The summed E-state index contributed by atoms with van der Waals surface area (Å²) in [5, 5.41) is 21.8. The van der Waals surface area contributed by atoms with E-state index in [4.69, 9.17) is 27.9 Å². The second-order valence-electron chi connectivity index (χ2n) is 7.74. The highest BCUT2D eigenvalue weighted by atomic mass is 35.5. The van der Waals surface area contributed by atoms with Crippen molar-refractivity contribution in [3.05, 3.63) is 93.5 Å². The molecule has 1 aliphatic rings. The van der Waals surface area contributed by atoms with Gasteiger partial charge in [-0.2, -0.15) is 0 Å². The number of hydrogen-bond acceptors (Lipinski definition) is 5. The first-order chi connectivity index (χ1) is 16.3. The fraction of sp³-hybridized carbons (Fsp3) is 0.154. The first-order valence-electron chi connectivity index (χ1n) is 10.6. The van der Waals surface area contributed by atoms with Crippen molar-refractivity contribution < 1.29 is 24.5 Å². The number of ether oxygens (including phenoxy) is 1. The smallest absolute Gasteiger partial charge is 0.300 e. The highest BCUT2D eigenvalue weighted by Crippen LogP contribution is 2.44. The van der Waals surface area contributed by atoms with Gasteiger partial charge < -0.3 is 14.9 Å². The summed E-state index contributed by atoms with van der Waals surface area (Å²) in [5.74, 6) is -1.58. The van der Waals surface area contributed by atoms with Crippen molar-refractivity contribution in [2.24, 2.45) is 0 Å². The van der Waals surface area contributed by atoms with Crippen molar-refractivity contribution in [3.8, 4) is 11.5 Å². The van der Waals surface area contributed by atoms with Crippen LogP contribution in [0.3, 0.4) is 0 Å². The number of nitrogens with zero attached hydrogens (tertiary/aromatic N) is 1. The van der Waals surface area contributed by atoms with Crippen LogP contribution in [0.5, 0.6) is 11.5 Å². The van der Waals surface area contributed by atoms with Crippen LogP contribution >= 0.6 is 23.2 Å². The molecule has 1 heterocycles. The molecule has 4 rings (SSSR count). The van der Waals surface area contributed by atoms with Crippen LogP contribution in [0.1, 0.15) is 30.5 Å². The van der Waals surface area contributed by atoms with Crippen LogP contribution < -0.4 is 9.64 Å². The summed E-state index contributed by atoms with van der Waals surface area (Å²) in [6, 6.07) is 16.4. The maximum atomic E-state index is 13.2. The summed E-state index contributed by atoms with van der Waals surface area (Å²) in [7, 11) is 0. The summed E-state index contributed by atoms with van der Waals surface area (Å²) in [6.07, 6.45) is 0.808. The van der Waals surface area contributed by atoms with E-state index in [2.05, 4.69) is 0 Å². The Hall–Kier alpha value is -3.48. The number of phenols is 1. The van der Waals surface area contributed by atoms with Crippen molar-refractivity contribution in [3.63, 3.8) is 0 Å². The lowest BCUT2D eigenvalue weighted by Crippen LogP contribution is -2.29. The van der Waals surface area contributed by atoms with Crippen molar-refractivity contribution >= 4 is 46.3 Å². The van der Waals surface area contributed by atoms with Crippen LogP contribution in [0.25, 0.3) is 5.76 Å². The zero-order chi connectivity index (χ0) is 24.4. The standard InChI is InChI=1S/C26H21Cl2NO5/c1-2-11-34-19-8-4-6-16(13-19)24(31)22-23(15-5-3-7-18(30)12-15)29(26(33)25(22)32)17-9-10-20(27)21(28)14-17/h3-10,12-14,23,30-31H,2,11H2,1H3/b24-22+. The van der Waals surface area contributed by atoms with Gasteiger partial charge in [0.25, 0.3) is 11.7 Å². The molecule has 0 aliphatic carbocycles. The molecule has 0 spiro atoms. The Morgan fingerprint density at radius 2 is 1.76 bits per heavy atom. The van der Waals surface area contributed by atoms with Gasteiger partial charge in [-0.15, -0.1) is 0 Å². The van der Waals surface area contributed by atoms with Gasteiger partial charge in [0, 0.05) is 11.3 Å². The average Bonchev–Trinajstić information content (AvgIpc) is 3.09. The fourth-order valence-corrected chi connectivity index (χ4v) is 4.14. The summed E-state index contributed by atoms with van der Waals surface area (Å²) in [6.45, 7) is 2.47. The van der Waals surface area contributed by atoms with Gasteiger partial charge in [-0.1, -0.05) is 54.4 Å². The Labute approximate surface area is 206 Å². The molecule has 0 saturated carbocycles. The zero-order valence-electron chi connectivity index (χ0n) is 18.2. The zero-order valence-corrected chi connectivity index (χ0v) is 19.7. The van der Waals surface area contributed by atoms with Crippen LogP contribution in [0, 0.1) is 0 Å². The average molecular weight is 498 g/mol. The van der Waals surface area contributed by atoms with Gasteiger partial charge in [0.1, 0.15) is 17.3 Å². The van der Waals surface area contributed by atoms with E-state index < -0.39 is 17.7 Å². The number of ketones is 1. The van der Waals surface area contributed by atoms with Crippen LogP contribution in [0.15, 0.2) is 72.3 Å². The number of aliphatic hydroxyl groups is 1. The molecule has 1 saturated heterocycles. The van der Waals surface area contributed by atoms with Gasteiger partial charge >= 0.3 is 0 Å². The monoisotopic (exact) mass is 497 g/mol. The van der Waals surface area contributed by atoms with E-state index in [0.717, 1.165) is 6.42 Å². The van der Waals surface area contributed by atoms with E-state index >= 15 is 0 Å². The second kappa shape index (κ2) is 9.79. The van der Waals surface area contributed by atoms with E-state index in [1.807, 2.05) is 6.92 Å². The first-order valence-corrected chi connectivity index (χ1v) is 11.4. The van der Waals surface area contributed by atoms with Crippen molar-refractivity contribution in [2.45, 2.75) is 19.4 Å². The SMILES string of the molecule is CCCOc1cccc(/C(O)=C2\C(=O)C(=O)N(c3ccc(Cl)c(Cl)c3)C2c2cccc(O)c2)c1. The summed E-state index contributed by atoms with van der Waals surface area (Å²) in [4.78, 5) is 27.7. The Bertz CT molecular complexity index is 1300. The normalized spacial score (nSPS) is 17.3. The van der Waals surface area contributed by atoms with Crippen molar-refractivity contribution in [2.75, 3.05) is 11.5 Å². The summed E-state index contributed by atoms with van der Waals surface area (Å²) < 4.78 is 5.64. The van der Waals surface area contributed by atoms with E-state index in [-0.39, 0.29) is 22.1 Å². The highest BCUT2D eigenvalue weighted by molar-refractivity contribution is 6.52. The van der Waals surface area contributed by atoms with E-state index in [9.17, 15) is 19.8 Å². The van der Waals surface area contributed by atoms with Crippen molar-refractivity contribution in [1.82, 2.24) is 0 Å². The predicted molar refractivity (Wildman–Crippen MR) is 132 cm³/mol. The molecule has 0 radical (unpaired) electrons. The molecular weight excluding hydrogens is 477 g/mol. The van der Waals surface area contributed by atoms with Crippen LogP contribution in [0.4, 0.5) is 5.69 Å². The molecule has 1 fully saturated rings. The lowest BCUT2D eigenvalue weighted by atomic mass is 9.95. The number of aliphatic hydroxyl groups excluding tert-OH is 1. The maximum Gasteiger partial charge on any atom is 0.300 e. The number of halogens is 2. The Kier molecular flexibility index (Phi) is 6.82. The molecule has 1 atom stereocenters. The fourth-order valence-electron chi connectivity index (χ4n) is 3.85. The number of aromatic hydroxyl groups is 1. The van der Waals surface area contributed by atoms with Crippen LogP contribution in [-0.2, 0) is 9.59 Å². The van der Waals surface area contributed by atoms with Gasteiger partial charge in [-0.05, 0) is 54.4 Å². The summed E-state index contributed by atoms with van der Waals surface area (Å²) in [5.41, 5.74) is 0.967. The Balaban J connectivity index is 1.91. The number of rotatable bonds is 6. The van der Waals surface area contributed by atoms with Crippen LogP contribution in [0.2, 0.25) is 10.0 Å². The van der Waals surface area contributed by atoms with E-state index in [1.54, 1.807) is 42.5 Å². The molecule has 1 unspecified atom stereocenters. The lowest BCUT2D eigenvalue weighted by molar-refractivity contribution is -0.132. The molecule has 174 valence electrons. The molecule has 2 N–H and O–H groups in total. The molecule has 0 bridgehead atoms. The number of Topliss-reactive ketones (excluding diaryl/α,β-unsaturated/α-hetero) is 1. The molecule has 1 aliphatic heterocycles. The van der Waals surface area contributed by atoms with Gasteiger partial charge in [0.2, 0.25) is 0 Å². The predicted octanol–water partition coefficient (Wildman–Crippen LogP) is 6.11. The Morgan fingerprint density at radius 1 is 1.00 bits per heavy atom. The number of amides is 1. The maximum absolute atomic E-state index is 13.2. The van der Waals surface area contributed by atoms with Gasteiger partial charge in [-0.3, -0.25) is 14.5 Å². The third kappa shape index (κ3) is 4.47. The number of hydrogen-bond donors (Lipinski definition) is 2. The quantitative estimate of drug-likeness (QED) is 0.243. The van der Waals surface area contributed by atoms with E-state index in [1.165, 1.54) is 29.2 Å². The molecule has 3 aromatic carbocycles. The molecule has 1 amide bonds. The minimum Gasteiger partial charge on any atom is -0.508 e. The molecular formula is C26H21Cl2NO5. The number of anilines is 1. The molecule has 34 heavy (non-hydrogen) atoms. The molecule has 6 nitrogen and oxygen atoms in total. The molecule has 3 aromatic rings. The largest absolute Gasteiger partial charge is 0.508 e. The Morgan fingerprint density at radius 3 is 2.47 bits per heavy atom. The third-order valence-electron chi connectivity index (χ3n) is 5.39. The first kappa shape index (κ1) is 23.7. The lowest BCUT2D eigenvalue weighted by Gasteiger charge is -2.26. The topological polar surface area (TPSA) is 87.1 Å². The third-order valence-corrected chi connectivity index (χ3v) is 6.13. The van der Waals surface area contributed by atoms with Gasteiger partial charge in [-0.25, -0.2) is 0 Å². The second-order valence-corrected chi connectivity index (χ2v) is 8.55. The van der Waals surface area contributed by atoms with Gasteiger partial charge in [0.15, 0.2) is 0 Å². The van der Waals surface area contributed by atoms with Gasteiger partial charge in [0.05, 0.1) is 28.3 Å². The van der Waals surface area contributed by atoms with Crippen molar-refractivity contribution in [1.29, 1.82) is 0 Å². The number of phenolic OH excluding ortho intramolecular Hbond substituents is 1. The van der Waals surface area contributed by atoms with Crippen LogP contribution in [-0.4, -0.2) is 28.5 Å². The summed E-state index contributed by atoms with van der Waals surface area (Å²) >= 11 is 12.2. The molecule has 8 heteroatoms.